The van der Waals surface area contributed by atoms with E-state index in [9.17, 15) is 13.2 Å². The minimum Gasteiger partial charge on any atom is -0.477 e. The van der Waals surface area contributed by atoms with E-state index in [0.717, 1.165) is 19.0 Å². The second-order valence-electron chi connectivity index (χ2n) is 5.48. The number of halogens is 4. The zero-order chi connectivity index (χ0) is 18.4. The van der Waals surface area contributed by atoms with Crippen molar-refractivity contribution in [3.63, 3.8) is 0 Å². The first kappa shape index (κ1) is 19.3. The van der Waals surface area contributed by atoms with Crippen LogP contribution in [0.15, 0.2) is 30.5 Å². The molecule has 0 aliphatic rings. The minimum absolute atomic E-state index is 0.0979. The predicted molar refractivity (Wildman–Crippen MR) is 91.6 cm³/mol. The Morgan fingerprint density at radius 1 is 1.24 bits per heavy atom. The largest absolute Gasteiger partial charge is 0.477 e. The summed E-state index contributed by atoms with van der Waals surface area (Å²) in [4.78, 5) is 9.35. The molecule has 136 valence electrons. The molecule has 1 heterocycles. The van der Waals surface area contributed by atoms with Crippen LogP contribution in [0.3, 0.4) is 0 Å². The number of aromatic nitrogens is 2. The van der Waals surface area contributed by atoms with E-state index in [1.807, 2.05) is 6.92 Å². The van der Waals surface area contributed by atoms with Crippen molar-refractivity contribution >= 4 is 23.2 Å². The summed E-state index contributed by atoms with van der Waals surface area (Å²) < 4.78 is 44.7. The molecule has 2 aromatic rings. The van der Waals surface area contributed by atoms with Gasteiger partial charge in [-0.15, -0.1) is 0 Å². The SMILES string of the molecule is CCCCCOc1nc(N(C)c2cccc(Cl)c2)ncc1C(F)(F)F. The Labute approximate surface area is 149 Å². The Balaban J connectivity index is 2.30. The van der Waals surface area contributed by atoms with Gasteiger partial charge in [0.2, 0.25) is 11.8 Å². The first-order valence-electron chi connectivity index (χ1n) is 7.89. The molecule has 0 aliphatic heterocycles. The number of hydrogen-bond acceptors (Lipinski definition) is 4. The number of unbranched alkanes of at least 4 members (excludes halogenated alkanes) is 2. The quantitative estimate of drug-likeness (QED) is 0.602. The highest BCUT2D eigenvalue weighted by Gasteiger charge is 2.36. The Hall–Kier alpha value is -2.02. The molecule has 0 radical (unpaired) electrons. The van der Waals surface area contributed by atoms with Gasteiger partial charge in [-0.25, -0.2) is 4.98 Å². The van der Waals surface area contributed by atoms with Crippen LogP contribution in [-0.4, -0.2) is 23.6 Å². The van der Waals surface area contributed by atoms with Gasteiger partial charge >= 0.3 is 6.18 Å². The minimum atomic E-state index is -4.58. The van der Waals surface area contributed by atoms with Gasteiger partial charge in [0, 0.05) is 24.0 Å². The highest BCUT2D eigenvalue weighted by Crippen LogP contribution is 2.36. The van der Waals surface area contributed by atoms with Gasteiger partial charge in [-0.1, -0.05) is 37.4 Å². The van der Waals surface area contributed by atoms with E-state index in [1.165, 1.54) is 0 Å². The monoisotopic (exact) mass is 373 g/mol. The number of ether oxygens (including phenoxy) is 1. The number of rotatable bonds is 7. The molecule has 1 aromatic carbocycles. The van der Waals surface area contributed by atoms with E-state index >= 15 is 0 Å². The van der Waals surface area contributed by atoms with Crippen molar-refractivity contribution in [1.29, 1.82) is 0 Å². The van der Waals surface area contributed by atoms with E-state index in [-0.39, 0.29) is 12.6 Å². The average molecular weight is 374 g/mol. The zero-order valence-electron chi connectivity index (χ0n) is 14.0. The standard InChI is InChI=1S/C17H19ClF3N3O/c1-3-4-5-9-25-15-14(17(19,20)21)11-22-16(23-15)24(2)13-8-6-7-12(18)10-13/h6-8,10-11H,3-5,9H2,1-2H3. The summed E-state index contributed by atoms with van der Waals surface area (Å²) in [5.74, 6) is -0.358. The Kier molecular flexibility index (Phi) is 6.47. The molecule has 0 bridgehead atoms. The molecule has 0 aliphatic carbocycles. The summed E-state index contributed by atoms with van der Waals surface area (Å²) in [6.45, 7) is 2.18. The van der Waals surface area contributed by atoms with Crippen LogP contribution < -0.4 is 9.64 Å². The Morgan fingerprint density at radius 2 is 2.00 bits per heavy atom. The number of benzene rings is 1. The lowest BCUT2D eigenvalue weighted by atomic mass is 10.2. The molecule has 0 saturated heterocycles. The molecular formula is C17H19ClF3N3O. The third-order valence-electron chi connectivity index (χ3n) is 3.53. The molecule has 8 heteroatoms. The lowest BCUT2D eigenvalue weighted by molar-refractivity contribution is -0.139. The van der Waals surface area contributed by atoms with Crippen molar-refractivity contribution < 1.29 is 17.9 Å². The number of alkyl halides is 3. The van der Waals surface area contributed by atoms with Crippen molar-refractivity contribution in [3.05, 3.63) is 41.0 Å². The maximum absolute atomic E-state index is 13.1. The first-order valence-corrected chi connectivity index (χ1v) is 8.27. The lowest BCUT2D eigenvalue weighted by Gasteiger charge is -2.19. The summed E-state index contributed by atoms with van der Waals surface area (Å²) in [6.07, 6.45) is -1.34. The molecule has 0 saturated carbocycles. The highest BCUT2D eigenvalue weighted by atomic mass is 35.5. The maximum atomic E-state index is 13.1. The molecule has 1 aromatic heterocycles. The van der Waals surface area contributed by atoms with E-state index in [4.69, 9.17) is 16.3 Å². The van der Waals surface area contributed by atoms with E-state index in [1.54, 1.807) is 36.2 Å². The summed E-state index contributed by atoms with van der Waals surface area (Å²) in [5.41, 5.74) is -0.323. The summed E-state index contributed by atoms with van der Waals surface area (Å²) in [6, 6.07) is 6.87. The van der Waals surface area contributed by atoms with Crippen LogP contribution in [0.2, 0.25) is 5.02 Å². The van der Waals surface area contributed by atoms with Crippen LogP contribution >= 0.6 is 11.6 Å². The van der Waals surface area contributed by atoms with Crippen LogP contribution in [0.4, 0.5) is 24.8 Å². The van der Waals surface area contributed by atoms with Crippen LogP contribution in [0.25, 0.3) is 0 Å². The van der Waals surface area contributed by atoms with Crippen molar-refractivity contribution in [2.45, 2.75) is 32.4 Å². The second kappa shape index (κ2) is 8.38. The van der Waals surface area contributed by atoms with Crippen LogP contribution in [0.5, 0.6) is 5.88 Å². The van der Waals surface area contributed by atoms with Crippen LogP contribution in [-0.2, 0) is 6.18 Å². The molecule has 0 unspecified atom stereocenters. The molecule has 2 rings (SSSR count). The van der Waals surface area contributed by atoms with Gasteiger partial charge < -0.3 is 9.64 Å². The predicted octanol–water partition coefficient (Wildman–Crippen LogP) is 5.49. The van der Waals surface area contributed by atoms with E-state index < -0.39 is 17.6 Å². The highest BCUT2D eigenvalue weighted by molar-refractivity contribution is 6.30. The summed E-state index contributed by atoms with van der Waals surface area (Å²) in [5, 5.41) is 0.507. The first-order chi connectivity index (χ1) is 11.8. The van der Waals surface area contributed by atoms with Crippen LogP contribution in [0.1, 0.15) is 31.7 Å². The van der Waals surface area contributed by atoms with Gasteiger partial charge in [0.05, 0.1) is 6.61 Å². The normalized spacial score (nSPS) is 11.4. The third kappa shape index (κ3) is 5.22. The van der Waals surface area contributed by atoms with Gasteiger partial charge in [-0.3, -0.25) is 0 Å². The molecule has 0 amide bonds. The topological polar surface area (TPSA) is 38.2 Å². The van der Waals surface area contributed by atoms with E-state index in [0.29, 0.717) is 17.1 Å². The van der Waals surface area contributed by atoms with Crippen LogP contribution in [0, 0.1) is 0 Å². The van der Waals surface area contributed by atoms with E-state index in [2.05, 4.69) is 9.97 Å². The van der Waals surface area contributed by atoms with Crippen molar-refractivity contribution in [3.8, 4) is 5.88 Å². The third-order valence-corrected chi connectivity index (χ3v) is 3.76. The van der Waals surface area contributed by atoms with Gasteiger partial charge in [0.25, 0.3) is 0 Å². The van der Waals surface area contributed by atoms with Crippen molar-refractivity contribution in [1.82, 2.24) is 9.97 Å². The number of anilines is 2. The number of nitrogens with zero attached hydrogens (tertiary/aromatic N) is 3. The summed E-state index contributed by atoms with van der Waals surface area (Å²) in [7, 11) is 1.65. The van der Waals surface area contributed by atoms with Crippen molar-refractivity contribution in [2.24, 2.45) is 0 Å². The Bertz CT molecular complexity index is 710. The fourth-order valence-electron chi connectivity index (χ4n) is 2.14. The average Bonchev–Trinajstić information content (AvgIpc) is 2.57. The molecule has 25 heavy (non-hydrogen) atoms. The smallest absolute Gasteiger partial charge is 0.423 e. The Morgan fingerprint density at radius 3 is 2.64 bits per heavy atom. The molecule has 4 nitrogen and oxygen atoms in total. The molecule has 0 fully saturated rings. The molecule has 0 spiro atoms. The fourth-order valence-corrected chi connectivity index (χ4v) is 2.33. The fraction of sp³-hybridized carbons (Fsp3) is 0.412. The number of hydrogen-bond donors (Lipinski definition) is 0. The van der Waals surface area contributed by atoms with Gasteiger partial charge in [-0.05, 0) is 24.6 Å². The maximum Gasteiger partial charge on any atom is 0.423 e. The van der Waals surface area contributed by atoms with Gasteiger partial charge in [0.1, 0.15) is 5.56 Å². The lowest BCUT2D eigenvalue weighted by Crippen LogP contribution is -2.17. The molecule has 0 N–H and O–H groups in total. The van der Waals surface area contributed by atoms with Crippen molar-refractivity contribution in [2.75, 3.05) is 18.6 Å². The molecule has 0 atom stereocenters. The second-order valence-corrected chi connectivity index (χ2v) is 5.92. The summed E-state index contributed by atoms with van der Waals surface area (Å²) >= 11 is 5.95. The zero-order valence-corrected chi connectivity index (χ0v) is 14.7. The molecular weight excluding hydrogens is 355 g/mol. The van der Waals surface area contributed by atoms with Gasteiger partial charge in [0.15, 0.2) is 0 Å². The van der Waals surface area contributed by atoms with Gasteiger partial charge in [-0.2, -0.15) is 18.2 Å².